The number of esters is 1. The number of hydrogen-bond donors (Lipinski definition) is 4. The van der Waals surface area contributed by atoms with Gasteiger partial charge in [0.05, 0.1) is 53.4 Å². The first kappa shape index (κ1) is 50.8. The van der Waals surface area contributed by atoms with Gasteiger partial charge in [0.25, 0.3) is 0 Å². The maximum absolute atomic E-state index is 14.4. The average molecular weight is 835 g/mol. The molecule has 0 unspecified atom stereocenters. The molecule has 0 aliphatic carbocycles. The Morgan fingerprint density at radius 2 is 1.48 bits per heavy atom. The van der Waals surface area contributed by atoms with E-state index < -0.39 is 108 Å². The molecule has 4 N–H and O–H groups in total. The summed E-state index contributed by atoms with van der Waals surface area (Å²) in [6.07, 6.45) is -8.48. The first-order valence-electron chi connectivity index (χ1n) is 20.9. The Kier molecular flexibility index (Phi) is 17.6. The molecule has 0 amide bonds. The number of ether oxygens (including phenoxy) is 8. The zero-order chi connectivity index (χ0) is 44.3. The molecule has 3 heterocycles. The number of carbonyl (C=O) groups excluding carboxylic acids is 1. The molecule has 16 nitrogen and oxygen atoms in total. The summed E-state index contributed by atoms with van der Waals surface area (Å²) in [6.45, 7) is 21.1. The number of aliphatic hydroxyl groups is 4. The largest absolute Gasteiger partial charge is 0.459 e. The molecule has 0 radical (unpaired) electrons. The molecule has 18 atom stereocenters. The van der Waals surface area contributed by atoms with E-state index in [9.17, 15) is 25.2 Å². The third-order valence-electron chi connectivity index (χ3n) is 13.2. The van der Waals surface area contributed by atoms with Crippen LogP contribution in [0.25, 0.3) is 0 Å². The third kappa shape index (κ3) is 11.3. The quantitative estimate of drug-likeness (QED) is 0.134. The molecule has 3 rings (SSSR count). The van der Waals surface area contributed by atoms with Crippen molar-refractivity contribution in [3.05, 3.63) is 0 Å². The number of nitrogens with zero attached hydrogens (tertiary/aromatic N) is 2. The Hall–Kier alpha value is -1.54. The van der Waals surface area contributed by atoms with Crippen LogP contribution < -0.4 is 0 Å². The van der Waals surface area contributed by atoms with Gasteiger partial charge in [0.1, 0.15) is 23.9 Å². The van der Waals surface area contributed by atoms with Crippen LogP contribution in [0.4, 0.5) is 0 Å². The van der Waals surface area contributed by atoms with E-state index in [1.807, 2.05) is 46.7 Å². The summed E-state index contributed by atoms with van der Waals surface area (Å²) in [7, 11) is 8.35. The zero-order valence-corrected chi connectivity index (χ0v) is 38.3. The van der Waals surface area contributed by atoms with Gasteiger partial charge in [-0.25, -0.2) is 0 Å². The number of methoxy groups -OCH3 is 3. The summed E-state index contributed by atoms with van der Waals surface area (Å²) in [5, 5.41) is 51.3. The van der Waals surface area contributed by atoms with Crippen LogP contribution in [0, 0.1) is 23.7 Å². The Morgan fingerprint density at radius 1 is 0.879 bits per heavy atom. The van der Waals surface area contributed by atoms with Crippen LogP contribution in [-0.4, -0.2) is 162 Å². The first-order chi connectivity index (χ1) is 26.7. The first-order valence-corrected chi connectivity index (χ1v) is 20.9. The lowest BCUT2D eigenvalue weighted by molar-refractivity contribution is -0.319. The number of carbonyl (C=O) groups is 1. The minimum atomic E-state index is -1.93. The monoisotopic (exact) mass is 835 g/mol. The van der Waals surface area contributed by atoms with Gasteiger partial charge in [-0.1, -0.05) is 32.9 Å². The maximum Gasteiger partial charge on any atom is 0.311 e. The highest BCUT2D eigenvalue weighted by Gasteiger charge is 2.54. The van der Waals surface area contributed by atoms with E-state index in [1.165, 1.54) is 21.1 Å². The summed E-state index contributed by atoms with van der Waals surface area (Å²) < 4.78 is 50.2. The highest BCUT2D eigenvalue weighted by Crippen LogP contribution is 2.42. The second kappa shape index (κ2) is 20.1. The molecule has 0 bridgehead atoms. The van der Waals surface area contributed by atoms with E-state index in [-0.39, 0.29) is 31.4 Å². The van der Waals surface area contributed by atoms with Crippen molar-refractivity contribution < 1.29 is 68.0 Å². The summed E-state index contributed by atoms with van der Waals surface area (Å²) >= 11 is 0. The topological polar surface area (TPSA) is 197 Å². The maximum atomic E-state index is 14.4. The average Bonchev–Trinajstić information content (AvgIpc) is 3.16. The molecule has 0 aromatic rings. The second-order valence-electron chi connectivity index (χ2n) is 18.4. The number of likely N-dealkylation sites (N-methyl/N-ethyl adjacent to an activating group) is 1. The van der Waals surface area contributed by atoms with Crippen LogP contribution in [0.1, 0.15) is 109 Å². The van der Waals surface area contributed by atoms with E-state index >= 15 is 0 Å². The standard InChI is InChI=1S/C42H78N2O14/c1-18-29-42(12,49)34(46)24(4)31(43-58-39(8,9)50-15)22(2)20-41(11,52-17)36(57-38-32(45)28(44(13)14)19-23(3)53-38)25(5)33(26(6)37(48)55-29)56-30-21-40(10,51-16)35(47)27(7)54-30/h22-30,32-36,38,45-47,49H,18-21H2,1-17H3/b43-31+/t22-,23+,24+,25+,26-,27+,28-,29-,30+,32+,33+,34-,35+,36-,38-,40-,41-,42-/m1/s1. The van der Waals surface area contributed by atoms with Crippen LogP contribution in [0.15, 0.2) is 5.16 Å². The fourth-order valence-corrected chi connectivity index (χ4v) is 8.97. The van der Waals surface area contributed by atoms with Gasteiger partial charge >= 0.3 is 5.97 Å². The van der Waals surface area contributed by atoms with Gasteiger partial charge < -0.3 is 68.1 Å². The molecule has 0 aromatic carbocycles. The number of cyclic esters (lactones) is 1. The van der Waals surface area contributed by atoms with Gasteiger partial charge in [0.2, 0.25) is 5.79 Å². The van der Waals surface area contributed by atoms with Crippen molar-refractivity contribution in [2.45, 2.75) is 199 Å². The normalized spacial score (nSPS) is 46.1. The van der Waals surface area contributed by atoms with Crippen LogP contribution in [0.5, 0.6) is 0 Å². The molecular formula is C42H78N2O14. The Bertz CT molecular complexity index is 1350. The number of rotatable bonds is 11. The smallest absolute Gasteiger partial charge is 0.311 e. The molecule has 3 saturated heterocycles. The predicted octanol–water partition coefficient (Wildman–Crippen LogP) is 3.63. The van der Waals surface area contributed by atoms with Crippen molar-refractivity contribution in [3.8, 4) is 0 Å². The zero-order valence-electron chi connectivity index (χ0n) is 38.3. The fourth-order valence-electron chi connectivity index (χ4n) is 8.97. The lowest BCUT2D eigenvalue weighted by Gasteiger charge is -2.50. The van der Waals surface area contributed by atoms with Gasteiger partial charge in [-0.3, -0.25) is 4.79 Å². The molecule has 3 fully saturated rings. The van der Waals surface area contributed by atoms with E-state index in [4.69, 9.17) is 42.7 Å². The molecule has 16 heteroatoms. The van der Waals surface area contributed by atoms with E-state index in [0.29, 0.717) is 12.1 Å². The molecule has 0 spiro atoms. The van der Waals surface area contributed by atoms with Crippen LogP contribution in [-0.2, 0) is 47.5 Å². The fraction of sp³-hybridized carbons (Fsp3) is 0.952. The number of hydrogen-bond acceptors (Lipinski definition) is 16. The Labute approximate surface area is 347 Å². The van der Waals surface area contributed by atoms with E-state index in [2.05, 4.69) is 5.16 Å². The molecule has 58 heavy (non-hydrogen) atoms. The minimum Gasteiger partial charge on any atom is -0.459 e. The van der Waals surface area contributed by atoms with Gasteiger partial charge in [0.15, 0.2) is 12.6 Å². The molecule has 3 aliphatic rings. The third-order valence-corrected chi connectivity index (χ3v) is 13.2. The van der Waals surface area contributed by atoms with Crippen molar-refractivity contribution in [2.75, 3.05) is 35.4 Å². The lowest BCUT2D eigenvalue weighted by Crippen LogP contribution is -2.61. The number of oxime groups is 1. The Balaban J connectivity index is 2.32. The summed E-state index contributed by atoms with van der Waals surface area (Å²) in [5.41, 5.74) is -3.80. The van der Waals surface area contributed by atoms with E-state index in [0.717, 1.165) is 0 Å². The summed E-state index contributed by atoms with van der Waals surface area (Å²) in [6, 6.07) is -0.285. The second-order valence-corrected chi connectivity index (χ2v) is 18.4. The van der Waals surface area contributed by atoms with Crippen molar-refractivity contribution >= 4 is 11.7 Å². The molecule has 0 saturated carbocycles. The summed E-state index contributed by atoms with van der Waals surface area (Å²) in [4.78, 5) is 22.3. The minimum absolute atomic E-state index is 0.130. The van der Waals surface area contributed by atoms with Gasteiger partial charge in [-0.05, 0) is 74.9 Å². The van der Waals surface area contributed by atoms with Crippen molar-refractivity contribution in [1.82, 2.24) is 4.90 Å². The van der Waals surface area contributed by atoms with Crippen LogP contribution in [0.2, 0.25) is 0 Å². The highest BCUT2D eigenvalue weighted by atomic mass is 16.8. The van der Waals surface area contributed by atoms with Crippen molar-refractivity contribution in [1.29, 1.82) is 0 Å². The number of aliphatic hydroxyl groups excluding tert-OH is 3. The predicted molar refractivity (Wildman–Crippen MR) is 216 cm³/mol. The highest BCUT2D eigenvalue weighted by molar-refractivity contribution is 5.88. The molecule has 3 aliphatic heterocycles. The van der Waals surface area contributed by atoms with Crippen LogP contribution in [0.3, 0.4) is 0 Å². The van der Waals surface area contributed by atoms with Crippen molar-refractivity contribution in [3.63, 3.8) is 0 Å². The summed E-state index contributed by atoms with van der Waals surface area (Å²) in [5.74, 6) is -4.85. The van der Waals surface area contributed by atoms with Crippen molar-refractivity contribution in [2.24, 2.45) is 28.8 Å². The van der Waals surface area contributed by atoms with Gasteiger partial charge in [-0.15, -0.1) is 0 Å². The Morgan fingerprint density at radius 3 is 2.02 bits per heavy atom. The van der Waals surface area contributed by atoms with Gasteiger partial charge in [0, 0.05) is 65.4 Å². The van der Waals surface area contributed by atoms with Gasteiger partial charge in [-0.2, -0.15) is 0 Å². The van der Waals surface area contributed by atoms with E-state index in [1.54, 1.807) is 55.6 Å². The van der Waals surface area contributed by atoms with Crippen LogP contribution >= 0.6 is 0 Å². The molecule has 340 valence electrons. The molecular weight excluding hydrogens is 756 g/mol. The lowest BCUT2D eigenvalue weighted by atomic mass is 9.73. The molecule has 0 aromatic heterocycles. The SMILES string of the molecule is CC[C@H]1OC(=O)[C@H](C)[C@@H](O[C@H]2C[C@@](C)(OC)[C@@H](O)[C@H](C)O2)[C@H](C)[C@@H](O[C@H]2O[C@@H](C)C[C@@H](N(C)C)[C@@H]2O)[C@](C)(OC)C[C@@H](C)/C(=N\OC(C)(C)OC)[C@H](C)[C@@H](O)[C@]1(C)O.